The lowest BCUT2D eigenvalue weighted by Crippen LogP contribution is -2.26. The van der Waals surface area contributed by atoms with Crippen molar-refractivity contribution in [3.8, 4) is 5.75 Å². The molecule has 2 N–H and O–H groups in total. The third-order valence-corrected chi connectivity index (χ3v) is 5.25. The van der Waals surface area contributed by atoms with Crippen LogP contribution in [-0.2, 0) is 4.79 Å². The Morgan fingerprint density at radius 2 is 1.71 bits per heavy atom. The minimum atomic E-state index is -0.490. The number of hydrogen-bond acceptors (Lipinski definition) is 5. The van der Waals surface area contributed by atoms with E-state index in [2.05, 4.69) is 47.7 Å². The molecule has 0 saturated carbocycles. The maximum absolute atomic E-state index is 12.4. The van der Waals surface area contributed by atoms with Crippen LogP contribution in [0.3, 0.4) is 0 Å². The first-order valence-electron chi connectivity index (χ1n) is 9.31. The van der Waals surface area contributed by atoms with Gasteiger partial charge in [-0.05, 0) is 61.0 Å². The van der Waals surface area contributed by atoms with Gasteiger partial charge in [0.15, 0.2) is 0 Å². The van der Waals surface area contributed by atoms with Crippen LogP contribution in [-0.4, -0.2) is 24.6 Å². The molecule has 3 aromatic carbocycles. The molecule has 3 rings (SSSR count). The summed E-state index contributed by atoms with van der Waals surface area (Å²) in [6.07, 6.45) is 1.43. The SMILES string of the molecule is Cc1ccccc1NCC(=O)N/N=C/c1cc(Br)ccc1OC(=O)c1ccc(Br)cc1. The number of hydrazone groups is 1. The number of amides is 1. The number of anilines is 1. The van der Waals surface area contributed by atoms with E-state index in [4.69, 9.17) is 4.74 Å². The summed E-state index contributed by atoms with van der Waals surface area (Å²) in [7, 11) is 0. The van der Waals surface area contributed by atoms with Crippen molar-refractivity contribution in [2.75, 3.05) is 11.9 Å². The molecule has 0 aliphatic rings. The molecule has 0 aromatic heterocycles. The van der Waals surface area contributed by atoms with E-state index in [1.807, 2.05) is 31.2 Å². The van der Waals surface area contributed by atoms with Crippen molar-refractivity contribution in [3.63, 3.8) is 0 Å². The van der Waals surface area contributed by atoms with E-state index in [1.54, 1.807) is 42.5 Å². The summed E-state index contributed by atoms with van der Waals surface area (Å²) in [4.78, 5) is 24.5. The van der Waals surface area contributed by atoms with Crippen molar-refractivity contribution in [2.45, 2.75) is 6.92 Å². The highest BCUT2D eigenvalue weighted by Crippen LogP contribution is 2.23. The summed E-state index contributed by atoms with van der Waals surface area (Å²) in [6.45, 7) is 2.04. The molecular weight excluding hydrogens is 526 g/mol. The lowest BCUT2D eigenvalue weighted by atomic mass is 10.2. The Labute approximate surface area is 197 Å². The second kappa shape index (κ2) is 10.9. The molecule has 0 unspecified atom stereocenters. The lowest BCUT2D eigenvalue weighted by Gasteiger charge is -2.09. The fraction of sp³-hybridized carbons (Fsp3) is 0.0870. The maximum atomic E-state index is 12.4. The molecule has 0 atom stereocenters. The van der Waals surface area contributed by atoms with Crippen molar-refractivity contribution in [3.05, 3.63) is 92.4 Å². The molecule has 1 amide bonds. The average molecular weight is 545 g/mol. The fourth-order valence-electron chi connectivity index (χ4n) is 2.62. The van der Waals surface area contributed by atoms with Crippen molar-refractivity contribution in [1.29, 1.82) is 0 Å². The van der Waals surface area contributed by atoms with E-state index in [9.17, 15) is 9.59 Å². The fourth-order valence-corrected chi connectivity index (χ4v) is 3.26. The summed E-state index contributed by atoms with van der Waals surface area (Å²) in [5.41, 5.74) is 5.35. The minimum absolute atomic E-state index is 0.0755. The summed E-state index contributed by atoms with van der Waals surface area (Å²) < 4.78 is 7.16. The number of nitrogens with zero attached hydrogens (tertiary/aromatic N) is 1. The molecule has 0 radical (unpaired) electrons. The molecule has 0 aliphatic heterocycles. The van der Waals surface area contributed by atoms with Gasteiger partial charge in [-0.3, -0.25) is 4.79 Å². The molecular formula is C23H19Br2N3O3. The van der Waals surface area contributed by atoms with Gasteiger partial charge in [0.05, 0.1) is 18.3 Å². The van der Waals surface area contributed by atoms with E-state index in [-0.39, 0.29) is 12.5 Å². The summed E-state index contributed by atoms with van der Waals surface area (Å²) >= 11 is 6.72. The molecule has 0 spiro atoms. The second-order valence-electron chi connectivity index (χ2n) is 6.54. The van der Waals surface area contributed by atoms with Gasteiger partial charge in [0.25, 0.3) is 5.91 Å². The van der Waals surface area contributed by atoms with Crippen LogP contribution in [0.25, 0.3) is 0 Å². The van der Waals surface area contributed by atoms with Crippen molar-refractivity contribution >= 4 is 55.6 Å². The van der Waals surface area contributed by atoms with Gasteiger partial charge >= 0.3 is 5.97 Å². The van der Waals surface area contributed by atoms with Crippen molar-refractivity contribution in [1.82, 2.24) is 5.43 Å². The van der Waals surface area contributed by atoms with E-state index >= 15 is 0 Å². The number of benzene rings is 3. The molecule has 0 fully saturated rings. The molecule has 158 valence electrons. The third-order valence-electron chi connectivity index (χ3n) is 4.23. The van der Waals surface area contributed by atoms with Gasteiger partial charge < -0.3 is 10.1 Å². The molecule has 31 heavy (non-hydrogen) atoms. The quantitative estimate of drug-likeness (QED) is 0.183. The standard InChI is InChI=1S/C23H19Br2N3O3/c1-15-4-2-3-5-20(15)26-14-22(29)28-27-13-17-12-19(25)10-11-21(17)31-23(30)16-6-8-18(24)9-7-16/h2-13,26H,14H2,1H3,(H,28,29)/b27-13+. The van der Waals surface area contributed by atoms with Crippen molar-refractivity contribution < 1.29 is 14.3 Å². The summed E-state index contributed by atoms with van der Waals surface area (Å²) in [6, 6.07) is 19.7. The highest BCUT2D eigenvalue weighted by Gasteiger charge is 2.12. The zero-order chi connectivity index (χ0) is 22.2. The van der Waals surface area contributed by atoms with Gasteiger partial charge in [0, 0.05) is 20.2 Å². The average Bonchev–Trinajstić information content (AvgIpc) is 2.75. The van der Waals surface area contributed by atoms with Gasteiger partial charge in [-0.15, -0.1) is 0 Å². The number of aryl methyl sites for hydroxylation is 1. The molecule has 6 nitrogen and oxygen atoms in total. The normalized spacial score (nSPS) is 10.7. The predicted octanol–water partition coefficient (Wildman–Crippen LogP) is 5.30. The molecule has 0 aliphatic carbocycles. The van der Waals surface area contributed by atoms with Crippen LogP contribution in [0.5, 0.6) is 5.75 Å². The number of carbonyl (C=O) groups excluding carboxylic acids is 2. The zero-order valence-corrected chi connectivity index (χ0v) is 19.7. The number of carbonyl (C=O) groups is 2. The maximum Gasteiger partial charge on any atom is 0.343 e. The lowest BCUT2D eigenvalue weighted by molar-refractivity contribution is -0.119. The number of hydrogen-bond donors (Lipinski definition) is 2. The Bertz CT molecular complexity index is 1120. The number of ether oxygens (including phenoxy) is 1. The molecule has 0 bridgehead atoms. The Hall–Kier alpha value is -2.97. The van der Waals surface area contributed by atoms with Crippen LogP contribution < -0.4 is 15.5 Å². The van der Waals surface area contributed by atoms with E-state index in [1.165, 1.54) is 6.21 Å². The third kappa shape index (κ3) is 6.77. The topological polar surface area (TPSA) is 79.8 Å². The van der Waals surface area contributed by atoms with Gasteiger partial charge in [0.2, 0.25) is 0 Å². The summed E-state index contributed by atoms with van der Waals surface area (Å²) in [5, 5.41) is 7.05. The minimum Gasteiger partial charge on any atom is -0.422 e. The first-order chi connectivity index (χ1) is 14.9. The number of halogens is 2. The van der Waals surface area contributed by atoms with Crippen LogP contribution in [0, 0.1) is 6.92 Å². The Balaban J connectivity index is 1.62. The number of esters is 1. The first kappa shape index (κ1) is 22.7. The van der Waals surface area contributed by atoms with Crippen LogP contribution >= 0.6 is 31.9 Å². The molecule has 8 heteroatoms. The highest BCUT2D eigenvalue weighted by molar-refractivity contribution is 9.10. The molecule has 0 saturated heterocycles. The van der Waals surface area contributed by atoms with Gasteiger partial charge in [-0.25, -0.2) is 10.2 Å². The van der Waals surface area contributed by atoms with E-state index in [0.29, 0.717) is 16.9 Å². The van der Waals surface area contributed by atoms with E-state index in [0.717, 1.165) is 20.2 Å². The van der Waals surface area contributed by atoms with Gasteiger partial charge in [-0.1, -0.05) is 50.1 Å². The van der Waals surface area contributed by atoms with Crippen LogP contribution in [0.15, 0.2) is 80.8 Å². The van der Waals surface area contributed by atoms with Crippen molar-refractivity contribution in [2.24, 2.45) is 5.10 Å². The zero-order valence-electron chi connectivity index (χ0n) is 16.6. The van der Waals surface area contributed by atoms with Crippen LogP contribution in [0.4, 0.5) is 5.69 Å². The number of nitrogens with one attached hydrogen (secondary N) is 2. The van der Waals surface area contributed by atoms with Gasteiger partial charge in [0.1, 0.15) is 5.75 Å². The largest absolute Gasteiger partial charge is 0.422 e. The summed E-state index contributed by atoms with van der Waals surface area (Å²) in [5.74, 6) is -0.467. The Morgan fingerprint density at radius 1 is 1.00 bits per heavy atom. The molecule has 3 aromatic rings. The number of para-hydroxylation sites is 1. The van der Waals surface area contributed by atoms with E-state index < -0.39 is 5.97 Å². The highest BCUT2D eigenvalue weighted by atomic mass is 79.9. The van der Waals surface area contributed by atoms with Gasteiger partial charge in [-0.2, -0.15) is 5.10 Å². The predicted molar refractivity (Wildman–Crippen MR) is 129 cm³/mol. The molecule has 0 heterocycles. The number of rotatable bonds is 7. The smallest absolute Gasteiger partial charge is 0.343 e. The monoisotopic (exact) mass is 543 g/mol. The Kier molecular flexibility index (Phi) is 7.97. The first-order valence-corrected chi connectivity index (χ1v) is 10.9. The van der Waals surface area contributed by atoms with Crippen LogP contribution in [0.1, 0.15) is 21.5 Å². The second-order valence-corrected chi connectivity index (χ2v) is 8.37. The van der Waals surface area contributed by atoms with Crippen LogP contribution in [0.2, 0.25) is 0 Å². The Morgan fingerprint density at radius 3 is 2.45 bits per heavy atom.